The van der Waals surface area contributed by atoms with Crippen LogP contribution in [0.25, 0.3) is 0 Å². The van der Waals surface area contributed by atoms with Crippen molar-refractivity contribution in [2.75, 3.05) is 12.5 Å². The Morgan fingerprint density at radius 3 is 2.89 bits per heavy atom. The zero-order valence-electron chi connectivity index (χ0n) is 10.7. The fourth-order valence-corrected chi connectivity index (χ4v) is 3.60. The maximum atomic E-state index is 6.21. The van der Waals surface area contributed by atoms with Crippen molar-refractivity contribution < 1.29 is 9.47 Å². The van der Waals surface area contributed by atoms with Crippen molar-refractivity contribution in [3.63, 3.8) is 0 Å². The van der Waals surface area contributed by atoms with E-state index in [2.05, 4.69) is 25.1 Å². The van der Waals surface area contributed by atoms with Gasteiger partial charge >= 0.3 is 0 Å². The van der Waals surface area contributed by atoms with Crippen LogP contribution in [0.2, 0.25) is 0 Å². The van der Waals surface area contributed by atoms with Crippen molar-refractivity contribution in [1.82, 2.24) is 0 Å². The van der Waals surface area contributed by atoms with Gasteiger partial charge in [0, 0.05) is 24.3 Å². The van der Waals surface area contributed by atoms with Crippen LogP contribution in [-0.4, -0.2) is 24.7 Å². The predicted molar refractivity (Wildman–Crippen MR) is 72.4 cm³/mol. The van der Waals surface area contributed by atoms with E-state index in [0.717, 1.165) is 31.6 Å². The van der Waals surface area contributed by atoms with Crippen LogP contribution in [0.1, 0.15) is 25.3 Å². The molecule has 1 saturated heterocycles. The molecule has 3 heteroatoms. The molecule has 1 aromatic carbocycles. The van der Waals surface area contributed by atoms with Crippen molar-refractivity contribution in [2.24, 2.45) is 5.41 Å². The lowest BCUT2D eigenvalue weighted by atomic mass is 9.78. The number of rotatable bonds is 3. The smallest absolute Gasteiger partial charge is 0.123 e. The molecule has 1 aromatic rings. The van der Waals surface area contributed by atoms with Crippen LogP contribution in [0.4, 0.5) is 0 Å². The molecule has 2 heterocycles. The Balaban J connectivity index is 1.72. The molecule has 0 N–H and O–H groups in total. The number of ether oxygens (including phenoxy) is 2. The predicted octanol–water partition coefficient (Wildman–Crippen LogP) is 3.41. The molecule has 98 valence electrons. The van der Waals surface area contributed by atoms with Gasteiger partial charge in [0.1, 0.15) is 11.9 Å². The molecule has 0 spiro atoms. The Morgan fingerprint density at radius 1 is 1.39 bits per heavy atom. The molecule has 0 bridgehead atoms. The van der Waals surface area contributed by atoms with E-state index in [-0.39, 0.29) is 17.6 Å². The average Bonchev–Trinajstić information content (AvgIpc) is 2.94. The molecule has 0 aliphatic carbocycles. The summed E-state index contributed by atoms with van der Waals surface area (Å²) in [5, 5.41) is 0. The zero-order chi connectivity index (χ0) is 12.6. The number of hydrogen-bond donors (Lipinski definition) is 0. The van der Waals surface area contributed by atoms with Gasteiger partial charge in [-0.25, -0.2) is 0 Å². The summed E-state index contributed by atoms with van der Waals surface area (Å²) in [7, 11) is 0. The Hall–Kier alpha value is -0.730. The Bertz CT molecular complexity index is 409. The summed E-state index contributed by atoms with van der Waals surface area (Å²) in [6, 6.07) is 8.30. The van der Waals surface area contributed by atoms with Crippen LogP contribution in [0.3, 0.4) is 0 Å². The zero-order valence-corrected chi connectivity index (χ0v) is 11.5. The van der Waals surface area contributed by atoms with Gasteiger partial charge in [-0.3, -0.25) is 0 Å². The maximum Gasteiger partial charge on any atom is 0.123 e. The first kappa shape index (κ1) is 12.3. The van der Waals surface area contributed by atoms with Crippen molar-refractivity contribution >= 4 is 11.6 Å². The molecule has 2 aliphatic heterocycles. The molecule has 3 atom stereocenters. The lowest BCUT2D eigenvalue weighted by Crippen LogP contribution is -2.36. The van der Waals surface area contributed by atoms with Gasteiger partial charge in [0.2, 0.25) is 0 Å². The number of para-hydroxylation sites is 1. The molecular formula is C15H19ClO2. The van der Waals surface area contributed by atoms with Gasteiger partial charge in [0.15, 0.2) is 0 Å². The van der Waals surface area contributed by atoms with Gasteiger partial charge in [-0.05, 0) is 31.4 Å². The van der Waals surface area contributed by atoms with Crippen LogP contribution in [0.15, 0.2) is 24.3 Å². The topological polar surface area (TPSA) is 18.5 Å². The second kappa shape index (κ2) is 4.75. The van der Waals surface area contributed by atoms with Gasteiger partial charge in [-0.1, -0.05) is 18.2 Å². The highest BCUT2D eigenvalue weighted by Gasteiger charge is 2.43. The van der Waals surface area contributed by atoms with Crippen LogP contribution < -0.4 is 4.74 Å². The minimum absolute atomic E-state index is 0.0915. The minimum atomic E-state index is 0.0915. The largest absolute Gasteiger partial charge is 0.490 e. The minimum Gasteiger partial charge on any atom is -0.490 e. The van der Waals surface area contributed by atoms with Gasteiger partial charge in [-0.2, -0.15) is 0 Å². The monoisotopic (exact) mass is 266 g/mol. The number of benzene rings is 1. The van der Waals surface area contributed by atoms with E-state index in [4.69, 9.17) is 21.1 Å². The molecule has 0 aromatic heterocycles. The van der Waals surface area contributed by atoms with Crippen molar-refractivity contribution in [3.05, 3.63) is 29.8 Å². The SMILES string of the molecule is CC1OCCC1(CCl)CC1Cc2ccccc2O1. The van der Waals surface area contributed by atoms with Crippen LogP contribution >= 0.6 is 11.6 Å². The summed E-state index contributed by atoms with van der Waals surface area (Å²) < 4.78 is 11.7. The first-order valence-corrected chi connectivity index (χ1v) is 7.19. The van der Waals surface area contributed by atoms with E-state index in [9.17, 15) is 0 Å². The average molecular weight is 267 g/mol. The fraction of sp³-hybridized carbons (Fsp3) is 0.600. The Morgan fingerprint density at radius 2 is 2.22 bits per heavy atom. The normalized spacial score (nSPS) is 34.3. The molecular weight excluding hydrogens is 248 g/mol. The quantitative estimate of drug-likeness (QED) is 0.781. The van der Waals surface area contributed by atoms with Crippen LogP contribution in [-0.2, 0) is 11.2 Å². The highest BCUT2D eigenvalue weighted by Crippen LogP contribution is 2.43. The molecule has 0 radical (unpaired) electrons. The summed E-state index contributed by atoms with van der Waals surface area (Å²) >= 11 is 6.21. The van der Waals surface area contributed by atoms with Gasteiger partial charge < -0.3 is 9.47 Å². The standard InChI is InChI=1S/C15H19ClO2/c1-11-15(10-16,6-7-17-11)9-13-8-12-4-2-3-5-14(12)18-13/h2-5,11,13H,6-10H2,1H3. The highest BCUT2D eigenvalue weighted by molar-refractivity contribution is 6.18. The summed E-state index contributed by atoms with van der Waals surface area (Å²) in [6.45, 7) is 2.96. The summed E-state index contributed by atoms with van der Waals surface area (Å²) in [5.41, 5.74) is 1.41. The van der Waals surface area contributed by atoms with E-state index < -0.39 is 0 Å². The van der Waals surface area contributed by atoms with Crippen molar-refractivity contribution in [3.8, 4) is 5.75 Å². The molecule has 0 saturated carbocycles. The molecule has 3 rings (SSSR count). The van der Waals surface area contributed by atoms with E-state index in [0.29, 0.717) is 5.88 Å². The van der Waals surface area contributed by atoms with Gasteiger partial charge in [0.25, 0.3) is 0 Å². The third-order valence-electron chi connectivity index (χ3n) is 4.44. The summed E-state index contributed by atoms with van der Waals surface area (Å²) in [5.74, 6) is 1.70. The molecule has 1 fully saturated rings. The maximum absolute atomic E-state index is 6.21. The van der Waals surface area contributed by atoms with Gasteiger partial charge in [-0.15, -0.1) is 11.6 Å². The molecule has 18 heavy (non-hydrogen) atoms. The second-order valence-electron chi connectivity index (χ2n) is 5.51. The fourth-order valence-electron chi connectivity index (χ4n) is 3.14. The first-order valence-electron chi connectivity index (χ1n) is 6.66. The number of halogens is 1. The molecule has 3 unspecified atom stereocenters. The molecule has 2 aliphatic rings. The highest BCUT2D eigenvalue weighted by atomic mass is 35.5. The van der Waals surface area contributed by atoms with Crippen LogP contribution in [0.5, 0.6) is 5.75 Å². The third kappa shape index (κ3) is 2.02. The van der Waals surface area contributed by atoms with E-state index >= 15 is 0 Å². The first-order chi connectivity index (χ1) is 8.73. The molecule has 0 amide bonds. The third-order valence-corrected chi connectivity index (χ3v) is 4.98. The van der Waals surface area contributed by atoms with E-state index in [1.807, 2.05) is 6.07 Å². The summed E-state index contributed by atoms with van der Waals surface area (Å²) in [4.78, 5) is 0. The van der Waals surface area contributed by atoms with E-state index in [1.165, 1.54) is 5.56 Å². The van der Waals surface area contributed by atoms with Gasteiger partial charge in [0.05, 0.1) is 6.10 Å². The lowest BCUT2D eigenvalue weighted by Gasteiger charge is -2.32. The summed E-state index contributed by atoms with van der Waals surface area (Å²) in [6.07, 6.45) is 3.54. The van der Waals surface area contributed by atoms with Crippen LogP contribution in [0, 0.1) is 5.41 Å². The Labute approximate surface area is 113 Å². The lowest BCUT2D eigenvalue weighted by molar-refractivity contribution is 0.0489. The molecule has 2 nitrogen and oxygen atoms in total. The van der Waals surface area contributed by atoms with E-state index in [1.54, 1.807) is 0 Å². The number of hydrogen-bond acceptors (Lipinski definition) is 2. The second-order valence-corrected chi connectivity index (χ2v) is 5.78. The number of fused-ring (bicyclic) bond motifs is 1. The van der Waals surface area contributed by atoms with Crippen molar-refractivity contribution in [1.29, 1.82) is 0 Å². The van der Waals surface area contributed by atoms with Crippen molar-refractivity contribution in [2.45, 2.75) is 38.4 Å². The number of alkyl halides is 1. The Kier molecular flexibility index (Phi) is 3.25.